The molecule has 0 amide bonds. The van der Waals surface area contributed by atoms with E-state index in [2.05, 4.69) is 42.8 Å². The highest BCUT2D eigenvalue weighted by atomic mass is 32.2. The Balaban J connectivity index is 1.84. The summed E-state index contributed by atoms with van der Waals surface area (Å²) in [6.45, 7) is 3.41. The third-order valence-electron chi connectivity index (χ3n) is 4.23. The Bertz CT molecular complexity index is 446. The van der Waals surface area contributed by atoms with Crippen molar-refractivity contribution < 1.29 is 0 Å². The van der Waals surface area contributed by atoms with E-state index in [1.165, 1.54) is 47.9 Å². The number of thioether (sulfide) groups is 2. The van der Waals surface area contributed by atoms with Crippen LogP contribution in [0, 0.1) is 0 Å². The van der Waals surface area contributed by atoms with Gasteiger partial charge in [-0.3, -0.25) is 0 Å². The highest BCUT2D eigenvalue weighted by Gasteiger charge is 2.32. The Labute approximate surface area is 134 Å². The number of aromatic nitrogens is 1. The quantitative estimate of drug-likeness (QED) is 0.900. The maximum atomic E-state index is 5.12. The number of nitrogens with zero attached hydrogens (tertiary/aromatic N) is 1. The van der Waals surface area contributed by atoms with Gasteiger partial charge in [-0.15, -0.1) is 23.1 Å². The molecular weight excluding hydrogens is 304 g/mol. The van der Waals surface area contributed by atoms with Crippen LogP contribution in [0.15, 0.2) is 0 Å². The van der Waals surface area contributed by atoms with Gasteiger partial charge < -0.3 is 5.32 Å². The van der Waals surface area contributed by atoms with Gasteiger partial charge in [0.2, 0.25) is 0 Å². The standard InChI is InChI=1S/C15H24N2S3/c1-3-11-14(19-8-7-18-11)15-17-13-10(9-16-2)5-4-6-12(13)20-15/h10-11,14,16H,3-9H2,1-2H3. The summed E-state index contributed by atoms with van der Waals surface area (Å²) in [5.74, 6) is 3.25. The van der Waals surface area contributed by atoms with E-state index < -0.39 is 0 Å². The lowest BCUT2D eigenvalue weighted by Crippen LogP contribution is -2.21. The van der Waals surface area contributed by atoms with Crippen LogP contribution in [0.4, 0.5) is 0 Å². The Morgan fingerprint density at radius 1 is 1.30 bits per heavy atom. The minimum absolute atomic E-state index is 0.643. The molecule has 1 N–H and O–H groups in total. The fourth-order valence-corrected chi connectivity index (χ4v) is 7.84. The normalized spacial score (nSPS) is 30.2. The van der Waals surface area contributed by atoms with Crippen LogP contribution in [0.25, 0.3) is 0 Å². The summed E-state index contributed by atoms with van der Waals surface area (Å²) in [7, 11) is 2.06. The van der Waals surface area contributed by atoms with Gasteiger partial charge in [0.25, 0.3) is 0 Å². The summed E-state index contributed by atoms with van der Waals surface area (Å²) in [4.78, 5) is 6.70. The number of likely N-dealkylation sites (N-methyl/N-ethyl adjacent to an activating group) is 1. The molecule has 3 unspecified atom stereocenters. The molecule has 112 valence electrons. The Kier molecular flexibility index (Phi) is 5.34. The van der Waals surface area contributed by atoms with Gasteiger partial charge in [0.1, 0.15) is 5.01 Å². The van der Waals surface area contributed by atoms with Gasteiger partial charge in [0, 0.05) is 34.1 Å². The summed E-state index contributed by atoms with van der Waals surface area (Å²) >= 11 is 6.31. The average molecular weight is 329 g/mol. The number of nitrogens with one attached hydrogen (secondary N) is 1. The van der Waals surface area contributed by atoms with Gasteiger partial charge in [-0.2, -0.15) is 11.8 Å². The van der Waals surface area contributed by atoms with Crippen molar-refractivity contribution in [2.24, 2.45) is 0 Å². The van der Waals surface area contributed by atoms with Crippen LogP contribution in [0.2, 0.25) is 0 Å². The van der Waals surface area contributed by atoms with Crippen molar-refractivity contribution in [1.29, 1.82) is 0 Å². The largest absolute Gasteiger partial charge is 0.319 e. The second-order valence-corrected chi connectivity index (χ2v) is 9.33. The van der Waals surface area contributed by atoms with Gasteiger partial charge in [-0.05, 0) is 32.7 Å². The Morgan fingerprint density at radius 2 is 2.15 bits per heavy atom. The second kappa shape index (κ2) is 7.03. The van der Waals surface area contributed by atoms with Gasteiger partial charge in [0.15, 0.2) is 0 Å². The lowest BCUT2D eigenvalue weighted by atomic mass is 9.91. The lowest BCUT2D eigenvalue weighted by Gasteiger charge is -2.28. The van der Waals surface area contributed by atoms with Crippen molar-refractivity contribution in [3.05, 3.63) is 15.6 Å². The van der Waals surface area contributed by atoms with E-state index in [4.69, 9.17) is 4.98 Å². The number of hydrogen-bond donors (Lipinski definition) is 1. The van der Waals surface area contributed by atoms with Gasteiger partial charge in [-0.25, -0.2) is 4.98 Å². The number of fused-ring (bicyclic) bond motifs is 1. The first kappa shape index (κ1) is 15.2. The molecule has 2 heterocycles. The van der Waals surface area contributed by atoms with Crippen LogP contribution in [-0.4, -0.2) is 35.3 Å². The van der Waals surface area contributed by atoms with Gasteiger partial charge in [0.05, 0.1) is 10.9 Å². The minimum atomic E-state index is 0.643. The number of aryl methyl sites for hydroxylation is 1. The van der Waals surface area contributed by atoms with Crippen molar-refractivity contribution in [1.82, 2.24) is 10.3 Å². The highest BCUT2D eigenvalue weighted by molar-refractivity contribution is 8.06. The van der Waals surface area contributed by atoms with Gasteiger partial charge >= 0.3 is 0 Å². The molecule has 1 fully saturated rings. The maximum Gasteiger partial charge on any atom is 0.107 e. The van der Waals surface area contributed by atoms with Crippen LogP contribution >= 0.6 is 34.9 Å². The van der Waals surface area contributed by atoms with Crippen LogP contribution < -0.4 is 5.32 Å². The molecule has 20 heavy (non-hydrogen) atoms. The molecule has 1 aliphatic heterocycles. The SMILES string of the molecule is CCC1SCCSC1c1nc2c(s1)CCCC2CNC. The third-order valence-corrected chi connectivity index (χ3v) is 8.85. The molecule has 1 aromatic rings. The van der Waals surface area contributed by atoms with Crippen molar-refractivity contribution in [2.45, 2.75) is 49.0 Å². The summed E-state index contributed by atoms with van der Waals surface area (Å²) in [6, 6.07) is 0. The Morgan fingerprint density at radius 3 is 2.95 bits per heavy atom. The first-order valence-electron chi connectivity index (χ1n) is 7.70. The molecule has 1 aromatic heterocycles. The molecule has 2 nitrogen and oxygen atoms in total. The van der Waals surface area contributed by atoms with E-state index in [0.717, 1.165) is 11.8 Å². The van der Waals surface area contributed by atoms with E-state index >= 15 is 0 Å². The van der Waals surface area contributed by atoms with Gasteiger partial charge in [-0.1, -0.05) is 6.92 Å². The Hall–Kier alpha value is 0.290. The summed E-state index contributed by atoms with van der Waals surface area (Å²) in [6.07, 6.45) is 5.17. The summed E-state index contributed by atoms with van der Waals surface area (Å²) in [5, 5.41) is 6.17. The van der Waals surface area contributed by atoms with Crippen LogP contribution in [0.5, 0.6) is 0 Å². The first-order chi connectivity index (χ1) is 9.83. The zero-order valence-corrected chi connectivity index (χ0v) is 14.8. The van der Waals surface area contributed by atoms with Crippen molar-refractivity contribution in [3.8, 4) is 0 Å². The molecule has 0 radical (unpaired) electrons. The topological polar surface area (TPSA) is 24.9 Å². The van der Waals surface area contributed by atoms with Crippen molar-refractivity contribution in [2.75, 3.05) is 25.1 Å². The monoisotopic (exact) mass is 328 g/mol. The maximum absolute atomic E-state index is 5.12. The van der Waals surface area contributed by atoms with Crippen LogP contribution in [0.3, 0.4) is 0 Å². The first-order valence-corrected chi connectivity index (χ1v) is 10.6. The van der Waals surface area contributed by atoms with Crippen molar-refractivity contribution in [3.63, 3.8) is 0 Å². The predicted octanol–water partition coefficient (Wildman–Crippen LogP) is 4.08. The summed E-state index contributed by atoms with van der Waals surface area (Å²) < 4.78 is 0. The van der Waals surface area contributed by atoms with E-state index in [0.29, 0.717) is 11.2 Å². The molecule has 3 rings (SSSR count). The molecule has 0 aromatic carbocycles. The zero-order valence-electron chi connectivity index (χ0n) is 12.4. The van der Waals surface area contributed by atoms with E-state index in [1.807, 2.05) is 11.3 Å². The molecule has 0 saturated carbocycles. The fraction of sp³-hybridized carbons (Fsp3) is 0.800. The molecule has 5 heteroatoms. The predicted molar refractivity (Wildman–Crippen MR) is 93.5 cm³/mol. The average Bonchev–Trinajstić information content (AvgIpc) is 2.92. The number of rotatable bonds is 4. The van der Waals surface area contributed by atoms with E-state index in [1.54, 1.807) is 4.88 Å². The molecule has 3 atom stereocenters. The smallest absolute Gasteiger partial charge is 0.107 e. The molecule has 0 bridgehead atoms. The molecule has 2 aliphatic rings. The highest BCUT2D eigenvalue weighted by Crippen LogP contribution is 2.47. The number of hydrogen-bond acceptors (Lipinski definition) is 5. The molecular formula is C15H24N2S3. The summed E-state index contributed by atoms with van der Waals surface area (Å²) in [5.41, 5.74) is 1.43. The lowest BCUT2D eigenvalue weighted by molar-refractivity contribution is 0.521. The van der Waals surface area contributed by atoms with Crippen molar-refractivity contribution >= 4 is 34.9 Å². The van der Waals surface area contributed by atoms with Crippen LogP contribution in [-0.2, 0) is 6.42 Å². The molecule has 0 spiro atoms. The second-order valence-electron chi connectivity index (χ2n) is 5.62. The van der Waals surface area contributed by atoms with E-state index in [-0.39, 0.29) is 0 Å². The molecule has 1 aliphatic carbocycles. The zero-order chi connectivity index (χ0) is 13.9. The minimum Gasteiger partial charge on any atom is -0.319 e. The fourth-order valence-electron chi connectivity index (χ4n) is 3.22. The number of thiazole rings is 1. The third kappa shape index (κ3) is 3.06. The molecule has 1 saturated heterocycles. The van der Waals surface area contributed by atoms with Crippen LogP contribution in [0.1, 0.15) is 52.9 Å². The van der Waals surface area contributed by atoms with E-state index in [9.17, 15) is 0 Å².